The molecule has 1 atom stereocenters. The molecule has 0 radical (unpaired) electrons. The average molecular weight is 449 g/mol. The molecule has 0 fully saturated rings. The van der Waals surface area contributed by atoms with Crippen molar-refractivity contribution >= 4 is 28.8 Å². The number of methoxy groups -OCH3 is 1. The number of hydrogen-bond acceptors (Lipinski definition) is 7. The van der Waals surface area contributed by atoms with Gasteiger partial charge < -0.3 is 15.0 Å². The number of amides is 1. The van der Waals surface area contributed by atoms with Crippen LogP contribution < -0.4 is 5.32 Å². The lowest BCUT2D eigenvalue weighted by Crippen LogP contribution is -2.38. The highest BCUT2D eigenvalue weighted by molar-refractivity contribution is 8.16. The van der Waals surface area contributed by atoms with Crippen LogP contribution in [0.1, 0.15) is 36.1 Å². The molecule has 164 valence electrons. The Hall–Kier alpha value is -3.39. The third-order valence-electron chi connectivity index (χ3n) is 5.44. The normalized spacial score (nSPS) is 17.5. The van der Waals surface area contributed by atoms with Crippen molar-refractivity contribution in [3.05, 3.63) is 87.9 Å². The molecule has 0 saturated carbocycles. The Morgan fingerprint density at radius 2 is 2.00 bits per heavy atom. The van der Waals surface area contributed by atoms with Crippen LogP contribution in [0.4, 0.5) is 0 Å². The van der Waals surface area contributed by atoms with Gasteiger partial charge in [-0.1, -0.05) is 42.1 Å². The summed E-state index contributed by atoms with van der Waals surface area (Å²) >= 11 is 1.46. The Morgan fingerprint density at radius 3 is 2.72 bits per heavy atom. The highest BCUT2D eigenvalue weighted by atomic mass is 32.2. The lowest BCUT2D eigenvalue weighted by molar-refractivity contribution is -0.136. The van der Waals surface area contributed by atoms with E-state index >= 15 is 0 Å². The van der Waals surface area contributed by atoms with Crippen LogP contribution >= 0.6 is 11.8 Å². The molecule has 8 heteroatoms. The van der Waals surface area contributed by atoms with Gasteiger partial charge in [-0.2, -0.15) is 0 Å². The number of pyridine rings is 1. The molecule has 1 aromatic heterocycles. The van der Waals surface area contributed by atoms with E-state index in [-0.39, 0.29) is 12.3 Å². The molecular weight excluding hydrogens is 424 g/mol. The van der Waals surface area contributed by atoms with Crippen LogP contribution in [-0.2, 0) is 20.9 Å². The second-order valence-electron chi connectivity index (χ2n) is 7.56. The van der Waals surface area contributed by atoms with Crippen LogP contribution in [0.2, 0.25) is 0 Å². The van der Waals surface area contributed by atoms with E-state index in [1.807, 2.05) is 60.6 Å². The number of carbonyl (C=O) groups is 2. The van der Waals surface area contributed by atoms with E-state index in [9.17, 15) is 9.59 Å². The SMILES string of the molecule is COC(=O)C1=C(C)N=C2SC=C(CC(=O)NCc3cccnc3)N2[C@@H]1c1ccccc1C. The van der Waals surface area contributed by atoms with E-state index in [1.54, 1.807) is 12.4 Å². The van der Waals surface area contributed by atoms with E-state index in [0.717, 1.165) is 27.6 Å². The number of amidine groups is 1. The number of ether oxygens (including phenoxy) is 1. The summed E-state index contributed by atoms with van der Waals surface area (Å²) in [5.41, 5.74) is 4.85. The van der Waals surface area contributed by atoms with E-state index in [2.05, 4.69) is 15.3 Å². The Morgan fingerprint density at radius 1 is 1.19 bits per heavy atom. The minimum Gasteiger partial charge on any atom is -0.466 e. The fourth-order valence-corrected chi connectivity index (χ4v) is 4.82. The number of thioether (sulfide) groups is 1. The van der Waals surface area contributed by atoms with Crippen molar-refractivity contribution in [1.29, 1.82) is 0 Å². The fourth-order valence-electron chi connectivity index (χ4n) is 3.86. The van der Waals surface area contributed by atoms with Crippen LogP contribution in [0, 0.1) is 6.92 Å². The summed E-state index contributed by atoms with van der Waals surface area (Å²) in [7, 11) is 1.37. The fraction of sp³-hybridized carbons (Fsp3) is 0.250. The Labute approximate surface area is 191 Å². The number of allylic oxidation sites excluding steroid dienone is 1. The summed E-state index contributed by atoms with van der Waals surface area (Å²) in [6.45, 7) is 4.24. The van der Waals surface area contributed by atoms with Gasteiger partial charge in [-0.3, -0.25) is 9.78 Å². The summed E-state index contributed by atoms with van der Waals surface area (Å²) in [6.07, 6.45) is 3.59. The first kappa shape index (κ1) is 21.8. The molecule has 2 aromatic rings. The van der Waals surface area contributed by atoms with Gasteiger partial charge in [0.15, 0.2) is 5.17 Å². The first-order valence-corrected chi connectivity index (χ1v) is 11.1. The minimum absolute atomic E-state index is 0.114. The smallest absolute Gasteiger partial charge is 0.338 e. The van der Waals surface area contributed by atoms with Gasteiger partial charge >= 0.3 is 5.97 Å². The Kier molecular flexibility index (Phi) is 6.41. The number of aliphatic imine (C=N–C) groups is 1. The Balaban J connectivity index is 1.62. The number of rotatable bonds is 6. The third-order valence-corrected chi connectivity index (χ3v) is 6.33. The minimum atomic E-state index is -0.421. The average Bonchev–Trinajstić information content (AvgIpc) is 3.19. The lowest BCUT2D eigenvalue weighted by atomic mass is 9.91. The molecule has 3 heterocycles. The molecule has 7 nitrogen and oxygen atoms in total. The van der Waals surface area contributed by atoms with Crippen LogP contribution in [0.15, 0.2) is 76.2 Å². The molecule has 2 aliphatic heterocycles. The number of hydrogen-bond donors (Lipinski definition) is 1. The van der Waals surface area contributed by atoms with Gasteiger partial charge in [0, 0.05) is 24.6 Å². The number of nitrogens with zero attached hydrogens (tertiary/aromatic N) is 3. The zero-order chi connectivity index (χ0) is 22.7. The van der Waals surface area contributed by atoms with E-state index in [4.69, 9.17) is 4.74 Å². The zero-order valence-electron chi connectivity index (χ0n) is 18.2. The molecule has 2 aliphatic rings. The molecule has 0 aliphatic carbocycles. The largest absolute Gasteiger partial charge is 0.466 e. The van der Waals surface area contributed by atoms with Gasteiger partial charge in [0.2, 0.25) is 5.91 Å². The van der Waals surface area contributed by atoms with Crippen LogP contribution in [0.5, 0.6) is 0 Å². The van der Waals surface area contributed by atoms with Crippen molar-refractivity contribution in [2.75, 3.05) is 7.11 Å². The number of aryl methyl sites for hydroxylation is 1. The maximum Gasteiger partial charge on any atom is 0.338 e. The number of aromatic nitrogens is 1. The maximum absolute atomic E-state index is 12.8. The predicted octanol–water partition coefficient (Wildman–Crippen LogP) is 3.84. The molecule has 1 amide bonds. The predicted molar refractivity (Wildman–Crippen MR) is 124 cm³/mol. The van der Waals surface area contributed by atoms with Crippen LogP contribution in [-0.4, -0.2) is 34.0 Å². The van der Waals surface area contributed by atoms with Gasteiger partial charge in [0.1, 0.15) is 0 Å². The maximum atomic E-state index is 12.8. The molecule has 0 saturated heterocycles. The van der Waals surface area contributed by atoms with Gasteiger partial charge in [-0.05, 0) is 42.0 Å². The van der Waals surface area contributed by atoms with Gasteiger partial charge in [-0.25, -0.2) is 9.79 Å². The molecule has 0 unspecified atom stereocenters. The first-order valence-electron chi connectivity index (χ1n) is 10.2. The molecule has 32 heavy (non-hydrogen) atoms. The number of benzene rings is 1. The molecule has 4 rings (SSSR count). The summed E-state index contributed by atoms with van der Waals surface area (Å²) in [5, 5.41) is 5.62. The van der Waals surface area contributed by atoms with Crippen molar-refractivity contribution in [2.45, 2.75) is 32.9 Å². The Bertz CT molecular complexity index is 1140. The first-order chi connectivity index (χ1) is 15.5. The second kappa shape index (κ2) is 9.40. The summed E-state index contributed by atoms with van der Waals surface area (Å²) in [6, 6.07) is 11.3. The second-order valence-corrected chi connectivity index (χ2v) is 8.39. The molecule has 0 bridgehead atoms. The van der Waals surface area contributed by atoms with Gasteiger partial charge in [0.25, 0.3) is 0 Å². The summed E-state index contributed by atoms with van der Waals surface area (Å²) < 4.78 is 5.10. The molecule has 1 aromatic carbocycles. The van der Waals surface area contributed by atoms with E-state index < -0.39 is 12.0 Å². The van der Waals surface area contributed by atoms with Crippen molar-refractivity contribution in [1.82, 2.24) is 15.2 Å². The quantitative estimate of drug-likeness (QED) is 0.676. The number of carbonyl (C=O) groups excluding carboxylic acids is 2. The van der Waals surface area contributed by atoms with Crippen molar-refractivity contribution < 1.29 is 14.3 Å². The van der Waals surface area contributed by atoms with Crippen molar-refractivity contribution in [3.8, 4) is 0 Å². The number of esters is 1. The van der Waals surface area contributed by atoms with Crippen molar-refractivity contribution in [3.63, 3.8) is 0 Å². The standard InChI is InChI=1S/C24H24N4O3S/c1-15-7-4-5-9-19(15)22-21(23(30)31-3)16(2)27-24-28(22)18(14-32-24)11-20(29)26-13-17-8-6-10-25-12-17/h4-10,12,14,22H,11,13H2,1-3H3,(H,26,29)/t22-/m1/s1. The van der Waals surface area contributed by atoms with E-state index in [0.29, 0.717) is 17.8 Å². The highest BCUT2D eigenvalue weighted by Crippen LogP contribution is 2.45. The highest BCUT2D eigenvalue weighted by Gasteiger charge is 2.41. The molecule has 0 spiro atoms. The van der Waals surface area contributed by atoms with E-state index in [1.165, 1.54) is 18.9 Å². The monoisotopic (exact) mass is 448 g/mol. The van der Waals surface area contributed by atoms with Gasteiger partial charge in [0.05, 0.1) is 30.8 Å². The van der Waals surface area contributed by atoms with Crippen LogP contribution in [0.3, 0.4) is 0 Å². The molecule has 1 N–H and O–H groups in total. The van der Waals surface area contributed by atoms with Crippen molar-refractivity contribution in [2.24, 2.45) is 4.99 Å². The lowest BCUT2D eigenvalue weighted by Gasteiger charge is -2.36. The van der Waals surface area contributed by atoms with Gasteiger partial charge in [-0.15, -0.1) is 0 Å². The third kappa shape index (κ3) is 4.31. The van der Waals surface area contributed by atoms with Crippen LogP contribution in [0.25, 0.3) is 0 Å². The summed E-state index contributed by atoms with van der Waals surface area (Å²) in [4.78, 5) is 36.2. The molecular formula is C24H24N4O3S. The summed E-state index contributed by atoms with van der Waals surface area (Å²) in [5.74, 6) is -0.535. The number of fused-ring (bicyclic) bond motifs is 1. The zero-order valence-corrected chi connectivity index (χ0v) is 19.0. The topological polar surface area (TPSA) is 83.9 Å². The number of nitrogens with one attached hydrogen (secondary N) is 1.